The first-order chi connectivity index (χ1) is 28.8. The van der Waals surface area contributed by atoms with Gasteiger partial charge in [-0.1, -0.05) is 12.8 Å². The third-order valence-corrected chi connectivity index (χ3v) is 14.0. The van der Waals surface area contributed by atoms with Crippen LogP contribution in [-0.4, -0.2) is 126 Å². The van der Waals surface area contributed by atoms with Crippen LogP contribution in [0.25, 0.3) is 22.2 Å². The third kappa shape index (κ3) is 10.5. The summed E-state index contributed by atoms with van der Waals surface area (Å²) >= 11 is 1.45. The summed E-state index contributed by atoms with van der Waals surface area (Å²) in [4.78, 5) is 69.6. The van der Waals surface area contributed by atoms with E-state index in [0.29, 0.717) is 48.3 Å². The second kappa shape index (κ2) is 17.6. The molecule has 7 rings (SSSR count). The smallest absolute Gasteiger partial charge is 0.408 e. The second-order valence-corrected chi connectivity index (χ2v) is 20.9. The summed E-state index contributed by atoms with van der Waals surface area (Å²) in [5, 5.41) is 12.5. The van der Waals surface area contributed by atoms with E-state index in [2.05, 4.69) is 20.7 Å². The zero-order chi connectivity index (χ0) is 43.9. The molecule has 5 atom stereocenters. The summed E-state index contributed by atoms with van der Waals surface area (Å²) in [5.41, 5.74) is -1.12. The second-order valence-electron chi connectivity index (χ2n) is 18.1. The molecule has 0 bridgehead atoms. The summed E-state index contributed by atoms with van der Waals surface area (Å²) < 4.78 is 46.0. The maximum Gasteiger partial charge on any atom is 0.408 e. The molecule has 2 saturated heterocycles. The van der Waals surface area contributed by atoms with Crippen LogP contribution in [0.4, 0.5) is 9.93 Å². The molecular weight excluding hydrogens is 825 g/mol. The van der Waals surface area contributed by atoms with Crippen LogP contribution >= 0.6 is 11.3 Å². The predicted molar refractivity (Wildman–Crippen MR) is 231 cm³/mol. The molecule has 4 heterocycles. The van der Waals surface area contributed by atoms with E-state index in [1.807, 2.05) is 49.4 Å². The molecular formula is C42H58N8O9S2. The number of ether oxygens (including phenoxy) is 3. The number of likely N-dealkylation sites (N-methyl/N-ethyl adjacent to an activating group) is 1. The minimum atomic E-state index is -3.90. The number of alkyl carbamates (subject to hydrolysis) is 1. The number of hydrogen-bond acceptors (Lipinski definition) is 14. The number of rotatable bonds is 10. The SMILES string of the molecule is COc1ccc2c(O[C@@H]3C[C@H]4C(=O)N[C@]5(C(=O)NS(=O)(=O)C6CC6)C[C@H]5CCCCCN(C)C[C@H](NC(=O)OC(C)(C)C)C(=O)N4C3)nc(-c3csc(NC(C)C)n3)cc2c1. The molecule has 0 radical (unpaired) electrons. The molecule has 0 unspecified atom stereocenters. The first-order valence-electron chi connectivity index (χ1n) is 21.1. The first-order valence-corrected chi connectivity index (χ1v) is 23.5. The lowest BCUT2D eigenvalue weighted by Gasteiger charge is -2.32. The highest BCUT2D eigenvalue weighted by molar-refractivity contribution is 7.91. The maximum absolute atomic E-state index is 14.8. The van der Waals surface area contributed by atoms with Crippen LogP contribution < -0.4 is 30.1 Å². The molecule has 332 valence electrons. The summed E-state index contributed by atoms with van der Waals surface area (Å²) in [6.07, 6.45) is 2.63. The van der Waals surface area contributed by atoms with Crippen molar-refractivity contribution in [1.29, 1.82) is 0 Å². The molecule has 0 spiro atoms. The highest BCUT2D eigenvalue weighted by atomic mass is 32.2. The van der Waals surface area contributed by atoms with E-state index in [1.54, 1.807) is 33.9 Å². The average molecular weight is 883 g/mol. The Bertz CT molecular complexity index is 2260. The number of methoxy groups -OCH3 is 1. The number of nitrogens with zero attached hydrogens (tertiary/aromatic N) is 4. The van der Waals surface area contributed by atoms with Gasteiger partial charge in [-0.25, -0.2) is 23.2 Å². The maximum atomic E-state index is 14.8. The van der Waals surface area contributed by atoms with Crippen molar-refractivity contribution in [1.82, 2.24) is 35.1 Å². The van der Waals surface area contributed by atoms with Gasteiger partial charge in [0.2, 0.25) is 27.7 Å². The summed E-state index contributed by atoms with van der Waals surface area (Å²) in [5.74, 6) is -1.32. The van der Waals surface area contributed by atoms with Crippen LogP contribution in [-0.2, 0) is 29.1 Å². The molecule has 2 aliphatic heterocycles. The van der Waals surface area contributed by atoms with Crippen molar-refractivity contribution in [2.75, 3.05) is 39.1 Å². The van der Waals surface area contributed by atoms with Crippen LogP contribution in [0.1, 0.15) is 86.0 Å². The minimum absolute atomic E-state index is 0.0119. The number of carbonyl (C=O) groups excluding carboxylic acids is 4. The lowest BCUT2D eigenvalue weighted by Crippen LogP contribution is -2.59. The van der Waals surface area contributed by atoms with E-state index in [4.69, 9.17) is 24.2 Å². The minimum Gasteiger partial charge on any atom is -0.497 e. The molecule has 17 nitrogen and oxygen atoms in total. The Morgan fingerprint density at radius 3 is 2.51 bits per heavy atom. The van der Waals surface area contributed by atoms with Crippen LogP contribution in [0.5, 0.6) is 11.6 Å². The van der Waals surface area contributed by atoms with E-state index in [9.17, 15) is 27.6 Å². The zero-order valence-corrected chi connectivity index (χ0v) is 37.5. The molecule has 4 aliphatic rings. The van der Waals surface area contributed by atoms with Gasteiger partial charge in [-0.2, -0.15) is 0 Å². The number of nitrogens with one attached hydrogen (secondary N) is 4. The van der Waals surface area contributed by atoms with Crippen molar-refractivity contribution < 1.29 is 41.8 Å². The highest BCUT2D eigenvalue weighted by Crippen LogP contribution is 2.48. The molecule has 61 heavy (non-hydrogen) atoms. The van der Waals surface area contributed by atoms with Crippen LogP contribution in [0.3, 0.4) is 0 Å². The zero-order valence-electron chi connectivity index (χ0n) is 35.9. The number of amides is 4. The number of carbonyl (C=O) groups is 4. The Kier molecular flexibility index (Phi) is 12.7. The summed E-state index contributed by atoms with van der Waals surface area (Å²) in [6.45, 7) is 9.94. The van der Waals surface area contributed by atoms with Gasteiger partial charge in [0, 0.05) is 29.8 Å². The van der Waals surface area contributed by atoms with Crippen molar-refractivity contribution in [3.63, 3.8) is 0 Å². The van der Waals surface area contributed by atoms with Gasteiger partial charge in [0.05, 0.1) is 24.6 Å². The molecule has 3 aromatic rings. The molecule has 19 heteroatoms. The molecule has 2 aliphatic carbocycles. The van der Waals surface area contributed by atoms with Crippen LogP contribution in [0, 0.1) is 5.92 Å². The van der Waals surface area contributed by atoms with Gasteiger partial charge < -0.3 is 40.0 Å². The monoisotopic (exact) mass is 882 g/mol. The topological polar surface area (TPSA) is 210 Å². The van der Waals surface area contributed by atoms with Crippen LogP contribution in [0.2, 0.25) is 0 Å². The Balaban J connectivity index is 1.23. The number of anilines is 1. The molecule has 4 fully saturated rings. The molecule has 2 aromatic heterocycles. The normalized spacial score (nSPS) is 25.4. The Morgan fingerprint density at radius 1 is 1.03 bits per heavy atom. The molecule has 2 saturated carbocycles. The van der Waals surface area contributed by atoms with Gasteiger partial charge in [0.25, 0.3) is 5.91 Å². The fraction of sp³-hybridized carbons (Fsp3) is 0.619. The van der Waals surface area contributed by atoms with Gasteiger partial charge in [-0.05, 0) is 116 Å². The lowest BCUT2D eigenvalue weighted by molar-refractivity contribution is -0.141. The number of aromatic nitrogens is 2. The standard InChI is InChI=1S/C42H58N8O9S2/c1-24(2)43-39-45-33(23-60-39)31-18-25-17-27(57-7)12-15-30(25)36(44-31)58-28-19-34-35(51)47-42(38(53)48-61(55,56)29-13-14-29)20-26(42)11-9-8-10-16-49(6)22-32(37(52)50(34)21-28)46-40(54)59-41(3,4)5/h12,15,17-18,23-24,26,28-29,32,34H,8-11,13-14,16,19-22H2,1-7H3,(H,43,45)(H,46,54)(H,47,51)(H,48,53)/t26-,28-,32+,34+,42-/m1/s1. The number of thiazole rings is 1. The molecule has 4 amide bonds. The number of sulfonamides is 1. The van der Waals surface area contributed by atoms with Crippen molar-refractivity contribution >= 4 is 61.1 Å². The average Bonchev–Trinajstić information content (AvgIpc) is 4.06. The van der Waals surface area contributed by atoms with E-state index in [1.165, 1.54) is 16.2 Å². The molecule has 1 aromatic carbocycles. The number of hydrogen-bond donors (Lipinski definition) is 4. The van der Waals surface area contributed by atoms with Crippen molar-refractivity contribution in [3.05, 3.63) is 29.6 Å². The van der Waals surface area contributed by atoms with Gasteiger partial charge in [-0.15, -0.1) is 11.3 Å². The number of pyridine rings is 1. The van der Waals surface area contributed by atoms with Crippen molar-refractivity contribution in [3.8, 4) is 23.0 Å². The number of fused-ring (bicyclic) bond motifs is 3. The fourth-order valence-corrected chi connectivity index (χ4v) is 10.3. The van der Waals surface area contributed by atoms with Crippen molar-refractivity contribution in [2.45, 2.75) is 127 Å². The van der Waals surface area contributed by atoms with E-state index in [-0.39, 0.29) is 43.8 Å². The van der Waals surface area contributed by atoms with Gasteiger partial charge in [0.15, 0.2) is 5.13 Å². The largest absolute Gasteiger partial charge is 0.497 e. The quantitative estimate of drug-likeness (QED) is 0.223. The Hall–Kier alpha value is -4.75. The predicted octanol–water partition coefficient (Wildman–Crippen LogP) is 4.42. The van der Waals surface area contributed by atoms with Crippen LogP contribution in [0.15, 0.2) is 29.6 Å². The van der Waals surface area contributed by atoms with E-state index < -0.39 is 68.4 Å². The van der Waals surface area contributed by atoms with E-state index in [0.717, 1.165) is 29.8 Å². The van der Waals surface area contributed by atoms with Gasteiger partial charge >= 0.3 is 6.09 Å². The third-order valence-electron chi connectivity index (χ3n) is 11.4. The molecule has 4 N–H and O–H groups in total. The number of benzene rings is 1. The van der Waals surface area contributed by atoms with Crippen molar-refractivity contribution in [2.24, 2.45) is 5.92 Å². The van der Waals surface area contributed by atoms with Gasteiger partial charge in [0.1, 0.15) is 40.8 Å². The lowest BCUT2D eigenvalue weighted by atomic mass is 10.1. The fourth-order valence-electron chi connectivity index (χ4n) is 8.13. The first kappa shape index (κ1) is 44.3. The summed E-state index contributed by atoms with van der Waals surface area (Å²) in [6, 6.07) is 5.31. The summed E-state index contributed by atoms with van der Waals surface area (Å²) in [7, 11) is -0.452. The Labute approximate surface area is 361 Å². The van der Waals surface area contributed by atoms with E-state index >= 15 is 0 Å². The Morgan fingerprint density at radius 2 is 1.80 bits per heavy atom. The highest BCUT2D eigenvalue weighted by Gasteiger charge is 2.62. The van der Waals surface area contributed by atoms with Gasteiger partial charge in [-0.3, -0.25) is 19.1 Å².